The second-order valence-electron chi connectivity index (χ2n) is 17.1. The van der Waals surface area contributed by atoms with E-state index in [2.05, 4.69) is 21.9 Å². The molecule has 16 heteroatoms. The van der Waals surface area contributed by atoms with Gasteiger partial charge in [-0.1, -0.05) is 26.0 Å². The molecule has 10 atom stereocenters. The SMILES string of the molecule is COc1cc(F)cc2c(O[C@@H]3C[C@H]4C(=O)N[C@]5(C(=O)NS(=O)(=O)C6CC6)C[C@H]5/C=C\CC[C@@H](C)C[C@@H](C)[C@H](N(C(=O)O)[C@H]5CC6C[C@H]6C5)C(=O)N4C3)nccc12. The molecule has 6 aliphatic rings. The number of fused-ring (bicyclic) bond motifs is 4. The van der Waals surface area contributed by atoms with Crippen molar-refractivity contribution in [1.82, 2.24) is 24.8 Å². The number of methoxy groups -OCH3 is 1. The minimum atomic E-state index is -3.94. The number of pyridine rings is 1. The molecular weight excluding hydrogens is 746 g/mol. The van der Waals surface area contributed by atoms with Crippen LogP contribution in [-0.4, -0.2) is 101 Å². The van der Waals surface area contributed by atoms with Crippen LogP contribution in [-0.2, 0) is 24.4 Å². The minimum Gasteiger partial charge on any atom is -0.496 e. The Morgan fingerprint density at radius 1 is 1.07 bits per heavy atom. The lowest BCUT2D eigenvalue weighted by molar-refractivity contribution is -0.145. The fourth-order valence-corrected chi connectivity index (χ4v) is 11.1. The van der Waals surface area contributed by atoms with Crippen molar-refractivity contribution in [2.24, 2.45) is 29.6 Å². The van der Waals surface area contributed by atoms with Crippen molar-refractivity contribution in [3.8, 4) is 11.6 Å². The van der Waals surface area contributed by atoms with Crippen molar-refractivity contribution in [3.63, 3.8) is 0 Å². The summed E-state index contributed by atoms with van der Waals surface area (Å²) in [4.78, 5) is 63.9. The number of halogens is 1. The van der Waals surface area contributed by atoms with Gasteiger partial charge in [0.25, 0.3) is 5.91 Å². The lowest BCUT2D eigenvalue weighted by Crippen LogP contribution is -2.61. The largest absolute Gasteiger partial charge is 0.496 e. The summed E-state index contributed by atoms with van der Waals surface area (Å²) in [6.45, 7) is 3.84. The maximum Gasteiger partial charge on any atom is 0.408 e. The zero-order valence-corrected chi connectivity index (χ0v) is 32.7. The molecule has 4 saturated carbocycles. The van der Waals surface area contributed by atoms with Gasteiger partial charge in [-0.3, -0.25) is 24.0 Å². The summed E-state index contributed by atoms with van der Waals surface area (Å²) < 4.78 is 54.6. The molecule has 4 aliphatic carbocycles. The Labute approximate surface area is 325 Å². The molecule has 1 saturated heterocycles. The average Bonchev–Trinajstić information content (AvgIpc) is 4.11. The van der Waals surface area contributed by atoms with Crippen LogP contribution >= 0.6 is 0 Å². The first-order valence-corrected chi connectivity index (χ1v) is 21.4. The smallest absolute Gasteiger partial charge is 0.408 e. The van der Waals surface area contributed by atoms with Crippen LogP contribution in [0.25, 0.3) is 10.8 Å². The standard InChI is InChI=1S/C40H50FN5O9S/c1-21-6-4-5-7-25-19-40(25,38(49)44-56(52,53)29-8-9-29)43-35(47)32-18-28(55-36-31-16-26(41)17-33(54-3)30(31)10-11-42-36)20-45(32)37(48)34(22(2)12-21)46(39(50)51)27-14-23-13-24(23)15-27/h5,7,10-11,16-17,21-25,27-29,32,34H,4,6,8-9,12-15,18-20H2,1-3H3,(H,43,47)(H,44,49)(H,50,51)/b7-5-/t21-,22-,23+,24?,25-,27-,28-,32+,34+,40-/m1/s1. The minimum absolute atomic E-state index is 0.0567. The molecule has 1 aromatic heterocycles. The van der Waals surface area contributed by atoms with Crippen molar-refractivity contribution >= 4 is 44.6 Å². The number of carbonyl (C=O) groups excluding carboxylic acids is 3. The molecule has 5 fully saturated rings. The van der Waals surface area contributed by atoms with Crippen LogP contribution in [0.2, 0.25) is 0 Å². The summed E-state index contributed by atoms with van der Waals surface area (Å²) in [6.07, 6.45) is 8.62. The first-order valence-electron chi connectivity index (χ1n) is 19.8. The number of hydrogen-bond acceptors (Lipinski definition) is 9. The quantitative estimate of drug-likeness (QED) is 0.324. The number of hydrogen-bond donors (Lipinski definition) is 3. The Bertz CT molecular complexity index is 2070. The summed E-state index contributed by atoms with van der Waals surface area (Å²) >= 11 is 0. The van der Waals surface area contributed by atoms with E-state index in [0.717, 1.165) is 12.8 Å². The highest BCUT2D eigenvalue weighted by Crippen LogP contribution is 2.54. The molecule has 2 aliphatic heterocycles. The third-order valence-electron chi connectivity index (χ3n) is 13.0. The number of amides is 4. The third kappa shape index (κ3) is 7.29. The van der Waals surface area contributed by atoms with E-state index in [4.69, 9.17) is 9.47 Å². The highest BCUT2D eigenvalue weighted by atomic mass is 32.2. The van der Waals surface area contributed by atoms with Gasteiger partial charge in [0.15, 0.2) is 0 Å². The van der Waals surface area contributed by atoms with Crippen molar-refractivity contribution < 1.29 is 46.6 Å². The maximum atomic E-state index is 15.2. The molecule has 1 aromatic carbocycles. The molecule has 0 bridgehead atoms. The second kappa shape index (κ2) is 14.5. The fraction of sp³-hybridized carbons (Fsp3) is 0.625. The number of carbonyl (C=O) groups is 4. The molecule has 56 heavy (non-hydrogen) atoms. The first kappa shape index (κ1) is 38.4. The summed E-state index contributed by atoms with van der Waals surface area (Å²) in [5.74, 6) is -2.18. The second-order valence-corrected chi connectivity index (χ2v) is 19.0. The highest BCUT2D eigenvalue weighted by molar-refractivity contribution is 7.91. The van der Waals surface area contributed by atoms with Gasteiger partial charge in [0, 0.05) is 36.0 Å². The molecule has 8 rings (SSSR count). The predicted molar refractivity (Wildman–Crippen MR) is 201 cm³/mol. The van der Waals surface area contributed by atoms with Crippen LogP contribution in [0.3, 0.4) is 0 Å². The number of carboxylic acid groups (broad SMARTS) is 1. The number of ether oxygens (including phenoxy) is 2. The molecule has 0 radical (unpaired) electrons. The Kier molecular flexibility index (Phi) is 9.93. The number of aromatic nitrogens is 1. The van der Waals surface area contributed by atoms with Crippen LogP contribution < -0.4 is 19.5 Å². The summed E-state index contributed by atoms with van der Waals surface area (Å²) in [5, 5.41) is 13.8. The van der Waals surface area contributed by atoms with Gasteiger partial charge in [-0.15, -0.1) is 0 Å². The fourth-order valence-electron chi connectivity index (χ4n) is 9.69. The van der Waals surface area contributed by atoms with Crippen LogP contribution in [0.1, 0.15) is 78.1 Å². The van der Waals surface area contributed by atoms with Gasteiger partial charge in [-0.2, -0.15) is 0 Å². The number of sulfonamides is 1. The van der Waals surface area contributed by atoms with Gasteiger partial charge in [-0.05, 0) is 93.6 Å². The normalized spacial score (nSPS) is 34.9. The topological polar surface area (TPSA) is 185 Å². The number of nitrogens with one attached hydrogen (secondary N) is 2. The number of rotatable bonds is 8. The van der Waals surface area contributed by atoms with Crippen LogP contribution in [0.5, 0.6) is 11.6 Å². The average molecular weight is 796 g/mol. The Morgan fingerprint density at radius 3 is 2.52 bits per heavy atom. The van der Waals surface area contributed by atoms with E-state index in [-0.39, 0.29) is 43.0 Å². The van der Waals surface area contributed by atoms with Crippen molar-refractivity contribution in [2.75, 3.05) is 13.7 Å². The van der Waals surface area contributed by atoms with Crippen molar-refractivity contribution in [1.29, 1.82) is 0 Å². The molecule has 3 heterocycles. The van der Waals surface area contributed by atoms with Gasteiger partial charge >= 0.3 is 6.09 Å². The van der Waals surface area contributed by atoms with E-state index in [0.29, 0.717) is 61.1 Å². The van der Waals surface area contributed by atoms with E-state index in [1.807, 2.05) is 19.1 Å². The summed E-state index contributed by atoms with van der Waals surface area (Å²) in [6, 6.07) is 1.51. The highest BCUT2D eigenvalue weighted by Gasteiger charge is 2.62. The first-order chi connectivity index (χ1) is 26.7. The molecule has 2 aromatic rings. The summed E-state index contributed by atoms with van der Waals surface area (Å²) in [5.41, 5.74) is -1.56. The van der Waals surface area contributed by atoms with E-state index in [9.17, 15) is 32.3 Å². The number of nitrogens with zero attached hydrogens (tertiary/aromatic N) is 3. The van der Waals surface area contributed by atoms with Gasteiger partial charge in [0.2, 0.25) is 27.7 Å². The maximum absolute atomic E-state index is 15.2. The van der Waals surface area contributed by atoms with E-state index < -0.39 is 80.5 Å². The zero-order valence-electron chi connectivity index (χ0n) is 31.9. The lowest BCUT2D eigenvalue weighted by Gasteiger charge is -2.40. The monoisotopic (exact) mass is 795 g/mol. The predicted octanol–water partition coefficient (Wildman–Crippen LogP) is 4.37. The lowest BCUT2D eigenvalue weighted by atomic mass is 9.86. The molecule has 1 unspecified atom stereocenters. The Balaban J connectivity index is 1.16. The Morgan fingerprint density at radius 2 is 1.82 bits per heavy atom. The molecular formula is C40H50FN5O9S. The number of benzene rings is 1. The van der Waals surface area contributed by atoms with Crippen molar-refractivity contribution in [2.45, 2.75) is 113 Å². The van der Waals surface area contributed by atoms with Crippen molar-refractivity contribution in [3.05, 3.63) is 42.4 Å². The summed E-state index contributed by atoms with van der Waals surface area (Å²) in [7, 11) is -2.52. The van der Waals surface area contributed by atoms with Gasteiger partial charge in [0.1, 0.15) is 35.3 Å². The van der Waals surface area contributed by atoms with E-state index in [1.165, 1.54) is 35.2 Å². The van der Waals surface area contributed by atoms with Crippen LogP contribution in [0, 0.1) is 35.4 Å². The van der Waals surface area contributed by atoms with Gasteiger partial charge in [0.05, 0.1) is 24.3 Å². The zero-order chi connectivity index (χ0) is 39.7. The van der Waals surface area contributed by atoms with Crippen LogP contribution in [0.15, 0.2) is 36.5 Å². The van der Waals surface area contributed by atoms with Gasteiger partial charge < -0.3 is 24.8 Å². The molecule has 302 valence electrons. The van der Waals surface area contributed by atoms with E-state index >= 15 is 4.79 Å². The molecule has 4 amide bonds. The molecule has 14 nitrogen and oxygen atoms in total. The van der Waals surface area contributed by atoms with E-state index in [1.54, 1.807) is 6.07 Å². The molecule has 0 spiro atoms. The molecule has 3 N–H and O–H groups in total. The Hall–Kier alpha value is -4.47. The van der Waals surface area contributed by atoms with Crippen LogP contribution in [0.4, 0.5) is 9.18 Å². The third-order valence-corrected chi connectivity index (χ3v) is 14.8. The van der Waals surface area contributed by atoms with Gasteiger partial charge in [-0.25, -0.2) is 22.6 Å². The number of allylic oxidation sites excluding steroid dienone is 1.